The minimum Gasteiger partial charge on any atom is -0.417 e. The molecule has 2 rings (SSSR count). The van der Waals surface area contributed by atoms with E-state index in [4.69, 9.17) is 4.74 Å². The van der Waals surface area contributed by atoms with Gasteiger partial charge in [-0.05, 0) is 73.0 Å². The van der Waals surface area contributed by atoms with E-state index < -0.39 is 5.97 Å². The van der Waals surface area contributed by atoms with E-state index in [0.29, 0.717) is 17.7 Å². The predicted molar refractivity (Wildman–Crippen MR) is 138 cm³/mol. The number of hydrogen-bond donors (Lipinski definition) is 0. The lowest BCUT2D eigenvalue weighted by Crippen LogP contribution is -2.04. The maximum atomic E-state index is 12.6. The number of rotatable bonds is 13. The number of benzene rings is 2. The minimum absolute atomic E-state index is 0.0349. The molecule has 176 valence electrons. The van der Waals surface area contributed by atoms with Crippen molar-refractivity contribution in [3.63, 3.8) is 0 Å². The Labute approximate surface area is 203 Å². The Bertz CT molecular complexity index is 905. The maximum absolute atomic E-state index is 12.6. The summed E-state index contributed by atoms with van der Waals surface area (Å²) < 4.78 is 5.22. The monoisotopic (exact) mass is 464 g/mol. The predicted octanol–water partition coefficient (Wildman–Crippen LogP) is 8.01. The number of aryl methyl sites for hydroxylation is 1. The third kappa shape index (κ3) is 11.3. The standard InChI is InChI=1S/C29H36O3S/c1-3-5-7-9-11-12-14-24-16-22-27(23-17-24)33-29(31)25-18-20-26(21-19-25)32-28(30)15-13-10-8-6-4-2/h16-23H,3-12,14H2,1-2H3. The van der Waals surface area contributed by atoms with Crippen LogP contribution in [-0.4, -0.2) is 11.1 Å². The first-order valence-corrected chi connectivity index (χ1v) is 13.1. The fraction of sp³-hybridized carbons (Fsp3) is 0.448. The van der Waals surface area contributed by atoms with Crippen molar-refractivity contribution in [3.8, 4) is 17.6 Å². The molecular formula is C29H36O3S. The molecule has 2 aromatic carbocycles. The third-order valence-electron chi connectivity index (χ3n) is 5.35. The van der Waals surface area contributed by atoms with Crippen LogP contribution in [0.4, 0.5) is 0 Å². The van der Waals surface area contributed by atoms with E-state index in [1.807, 2.05) is 12.1 Å². The minimum atomic E-state index is -0.569. The van der Waals surface area contributed by atoms with Gasteiger partial charge < -0.3 is 4.74 Å². The normalized spacial score (nSPS) is 10.4. The van der Waals surface area contributed by atoms with Gasteiger partial charge in [0, 0.05) is 22.8 Å². The number of ether oxygens (including phenoxy) is 1. The van der Waals surface area contributed by atoms with Gasteiger partial charge in [-0.1, -0.05) is 76.8 Å². The van der Waals surface area contributed by atoms with E-state index in [9.17, 15) is 9.59 Å². The maximum Gasteiger partial charge on any atom is 0.389 e. The molecule has 0 bridgehead atoms. The van der Waals surface area contributed by atoms with Gasteiger partial charge in [0.1, 0.15) is 5.75 Å². The molecule has 0 heterocycles. The number of hydrogen-bond acceptors (Lipinski definition) is 4. The molecule has 0 unspecified atom stereocenters. The molecule has 3 nitrogen and oxygen atoms in total. The number of thioether (sulfide) groups is 1. The van der Waals surface area contributed by atoms with Gasteiger partial charge in [0.05, 0.1) is 0 Å². The molecule has 0 spiro atoms. The van der Waals surface area contributed by atoms with Crippen molar-refractivity contribution < 1.29 is 14.3 Å². The number of esters is 1. The van der Waals surface area contributed by atoms with Crippen molar-refractivity contribution >= 4 is 22.8 Å². The average Bonchev–Trinajstić information content (AvgIpc) is 2.82. The lowest BCUT2D eigenvalue weighted by Gasteiger charge is -2.05. The van der Waals surface area contributed by atoms with Crippen molar-refractivity contribution in [1.29, 1.82) is 0 Å². The van der Waals surface area contributed by atoms with E-state index in [0.717, 1.165) is 30.6 Å². The van der Waals surface area contributed by atoms with Crippen molar-refractivity contribution in [1.82, 2.24) is 0 Å². The quantitative estimate of drug-likeness (QED) is 0.0752. The summed E-state index contributed by atoms with van der Waals surface area (Å²) in [4.78, 5) is 25.3. The van der Waals surface area contributed by atoms with Gasteiger partial charge >= 0.3 is 5.97 Å². The Morgan fingerprint density at radius 3 is 2.12 bits per heavy atom. The number of carbonyl (C=O) groups excluding carboxylic acids is 2. The van der Waals surface area contributed by atoms with Gasteiger partial charge in [-0.3, -0.25) is 4.79 Å². The topological polar surface area (TPSA) is 43.4 Å². The molecule has 0 aliphatic rings. The first kappa shape index (κ1) is 26.7. The summed E-state index contributed by atoms with van der Waals surface area (Å²) in [5.74, 6) is 5.17. The van der Waals surface area contributed by atoms with Crippen LogP contribution < -0.4 is 4.74 Å². The molecule has 0 N–H and O–H groups in total. The fourth-order valence-corrected chi connectivity index (χ4v) is 4.13. The Balaban J connectivity index is 1.76. The van der Waals surface area contributed by atoms with Gasteiger partial charge in [-0.2, -0.15) is 0 Å². The summed E-state index contributed by atoms with van der Waals surface area (Å²) in [6.45, 7) is 4.37. The van der Waals surface area contributed by atoms with E-state index >= 15 is 0 Å². The first-order chi connectivity index (χ1) is 16.1. The Morgan fingerprint density at radius 1 is 0.788 bits per heavy atom. The van der Waals surface area contributed by atoms with Crippen molar-refractivity contribution in [3.05, 3.63) is 59.7 Å². The summed E-state index contributed by atoms with van der Waals surface area (Å²) >= 11 is 1.21. The van der Waals surface area contributed by atoms with Crippen LogP contribution >= 0.6 is 11.8 Å². The smallest absolute Gasteiger partial charge is 0.389 e. The second kappa shape index (κ2) is 16.2. The molecule has 0 aromatic heterocycles. The first-order valence-electron chi connectivity index (χ1n) is 12.2. The number of carbonyl (C=O) groups is 2. The van der Waals surface area contributed by atoms with Crippen LogP contribution in [-0.2, 0) is 11.2 Å². The van der Waals surface area contributed by atoms with Crippen LogP contribution in [0.5, 0.6) is 5.75 Å². The summed E-state index contributed by atoms with van der Waals surface area (Å²) in [6, 6.07) is 14.9. The molecule has 0 amide bonds. The van der Waals surface area contributed by atoms with E-state index in [-0.39, 0.29) is 5.12 Å². The van der Waals surface area contributed by atoms with Gasteiger partial charge in [0.15, 0.2) is 0 Å². The summed E-state index contributed by atoms with van der Waals surface area (Å²) in [6.07, 6.45) is 12.8. The summed E-state index contributed by atoms with van der Waals surface area (Å²) in [5, 5.41) is -0.0349. The van der Waals surface area contributed by atoms with Crippen LogP contribution in [0.15, 0.2) is 53.4 Å². The lowest BCUT2D eigenvalue weighted by atomic mass is 10.1. The molecule has 0 aliphatic heterocycles. The summed E-state index contributed by atoms with van der Waals surface area (Å²) in [7, 11) is 0. The molecule has 0 aliphatic carbocycles. The average molecular weight is 465 g/mol. The van der Waals surface area contributed by atoms with Crippen LogP contribution in [0.3, 0.4) is 0 Å². The highest BCUT2D eigenvalue weighted by Gasteiger charge is 2.09. The van der Waals surface area contributed by atoms with Crippen LogP contribution in [0.2, 0.25) is 0 Å². The third-order valence-corrected chi connectivity index (χ3v) is 6.28. The molecule has 0 fully saturated rings. The highest BCUT2D eigenvalue weighted by atomic mass is 32.2. The largest absolute Gasteiger partial charge is 0.417 e. The highest BCUT2D eigenvalue weighted by molar-refractivity contribution is 8.14. The Hall–Kier alpha value is -2.51. The van der Waals surface area contributed by atoms with Gasteiger partial charge in [-0.15, -0.1) is 0 Å². The zero-order chi connectivity index (χ0) is 23.7. The molecule has 2 aromatic rings. The van der Waals surface area contributed by atoms with E-state index in [1.165, 1.54) is 55.9 Å². The van der Waals surface area contributed by atoms with Gasteiger partial charge in [-0.25, -0.2) is 4.79 Å². The zero-order valence-corrected chi connectivity index (χ0v) is 20.8. The Kier molecular flexibility index (Phi) is 13.1. The molecule has 33 heavy (non-hydrogen) atoms. The molecular weight excluding hydrogens is 428 g/mol. The van der Waals surface area contributed by atoms with Gasteiger partial charge in [0.25, 0.3) is 0 Å². The second-order valence-corrected chi connectivity index (χ2v) is 9.27. The summed E-state index contributed by atoms with van der Waals surface area (Å²) in [5.41, 5.74) is 1.89. The Morgan fingerprint density at radius 2 is 1.42 bits per heavy atom. The van der Waals surface area contributed by atoms with Crippen molar-refractivity contribution in [2.24, 2.45) is 0 Å². The SMILES string of the molecule is CCCCCC#CC(=O)Oc1ccc(C(=O)Sc2ccc(CCCCCCCC)cc2)cc1. The second-order valence-electron chi connectivity index (χ2n) is 8.22. The lowest BCUT2D eigenvalue weighted by molar-refractivity contribution is -0.128. The van der Waals surface area contributed by atoms with E-state index in [2.05, 4.69) is 37.8 Å². The fourth-order valence-electron chi connectivity index (χ4n) is 3.39. The highest BCUT2D eigenvalue weighted by Crippen LogP contribution is 2.25. The molecule has 0 saturated carbocycles. The molecule has 4 heteroatoms. The molecule has 0 saturated heterocycles. The van der Waals surface area contributed by atoms with E-state index in [1.54, 1.807) is 24.3 Å². The van der Waals surface area contributed by atoms with Crippen molar-refractivity contribution in [2.75, 3.05) is 0 Å². The van der Waals surface area contributed by atoms with Crippen LogP contribution in [0.1, 0.15) is 94.0 Å². The van der Waals surface area contributed by atoms with Crippen LogP contribution in [0, 0.1) is 11.8 Å². The molecule has 0 radical (unpaired) electrons. The van der Waals surface area contributed by atoms with Gasteiger partial charge in [0.2, 0.25) is 5.12 Å². The number of unbranched alkanes of at least 4 members (excludes halogenated alkanes) is 8. The zero-order valence-electron chi connectivity index (χ0n) is 20.0. The van der Waals surface area contributed by atoms with Crippen molar-refractivity contribution in [2.45, 2.75) is 89.4 Å². The van der Waals surface area contributed by atoms with Crippen LogP contribution in [0.25, 0.3) is 0 Å². The molecule has 0 atom stereocenters.